The van der Waals surface area contributed by atoms with Gasteiger partial charge in [-0.3, -0.25) is 0 Å². The van der Waals surface area contributed by atoms with Crippen molar-refractivity contribution in [1.29, 1.82) is 5.26 Å². The first-order valence-electron chi connectivity index (χ1n) is 29.8. The minimum atomic E-state index is -3.76. The number of carbonyl (C=O) groups is 2. The molecule has 0 unspecified atom stereocenters. The van der Waals surface area contributed by atoms with E-state index < -0.39 is 26.2 Å². The number of amides is 4. The summed E-state index contributed by atoms with van der Waals surface area (Å²) in [6.45, 7) is 16.9. The molecule has 22 nitrogen and oxygen atoms in total. The Hall–Kier alpha value is -5.84. The molecule has 0 saturated carbocycles. The summed E-state index contributed by atoms with van der Waals surface area (Å²) in [7, 11) is 0.356. The molecule has 4 aromatic carbocycles. The molecule has 26 heteroatoms. The van der Waals surface area contributed by atoms with E-state index >= 15 is 0 Å². The third-order valence-corrected chi connectivity index (χ3v) is 20.6. The maximum Gasteiger partial charge on any atom is 0.314 e. The van der Waals surface area contributed by atoms with Crippen LogP contribution in [0.2, 0.25) is 10.0 Å². The van der Waals surface area contributed by atoms with Gasteiger partial charge in [0.1, 0.15) is 23.7 Å². The van der Waals surface area contributed by atoms with Crippen LogP contribution in [0, 0.1) is 43.6 Å². The van der Waals surface area contributed by atoms with Gasteiger partial charge in [-0.05, 0) is 186 Å². The van der Waals surface area contributed by atoms with Crippen LogP contribution in [-0.2, 0) is 51.8 Å². The predicted molar refractivity (Wildman–Crippen MR) is 334 cm³/mol. The maximum atomic E-state index is 13.7. The van der Waals surface area contributed by atoms with Crippen LogP contribution in [0.5, 0.6) is 11.5 Å². The van der Waals surface area contributed by atoms with E-state index in [2.05, 4.69) is 42.0 Å². The highest BCUT2D eigenvalue weighted by atomic mass is 35.5. The Morgan fingerprint density at radius 1 is 0.625 bits per heavy atom. The number of urea groups is 2. The first-order valence-corrected chi connectivity index (χ1v) is 33.5. The largest absolute Gasteiger partial charge is 0.484 e. The highest BCUT2D eigenvalue weighted by Crippen LogP contribution is 2.45. The summed E-state index contributed by atoms with van der Waals surface area (Å²) in [4.78, 5) is 32.7. The smallest absolute Gasteiger partial charge is 0.314 e. The van der Waals surface area contributed by atoms with Crippen molar-refractivity contribution in [2.75, 3.05) is 133 Å². The summed E-state index contributed by atoms with van der Waals surface area (Å²) >= 11 is 12.8. The quantitative estimate of drug-likeness (QED) is 0.0283. The van der Waals surface area contributed by atoms with Crippen molar-refractivity contribution in [2.45, 2.75) is 86.5 Å². The molecule has 0 spiro atoms. The van der Waals surface area contributed by atoms with Gasteiger partial charge in [0.05, 0.1) is 92.9 Å². The lowest BCUT2D eigenvalue weighted by molar-refractivity contribution is 0.0366. The molecule has 88 heavy (non-hydrogen) atoms. The van der Waals surface area contributed by atoms with Crippen LogP contribution < -0.4 is 30.7 Å². The van der Waals surface area contributed by atoms with E-state index in [-0.39, 0.29) is 51.9 Å². The van der Waals surface area contributed by atoms with Crippen molar-refractivity contribution in [3.8, 4) is 17.6 Å². The van der Waals surface area contributed by atoms with Crippen LogP contribution in [-0.4, -0.2) is 193 Å². The molecular weight excluding hydrogens is 1210 g/mol. The predicted octanol–water partition coefficient (Wildman–Crippen LogP) is 7.41. The van der Waals surface area contributed by atoms with Gasteiger partial charge >= 0.3 is 12.1 Å². The molecule has 0 radical (unpaired) electrons. The number of halogens is 2. The van der Waals surface area contributed by atoms with Crippen LogP contribution in [0.3, 0.4) is 0 Å². The Bertz CT molecular complexity index is 3180. The second-order valence-electron chi connectivity index (χ2n) is 23.1. The Kier molecular flexibility index (Phi) is 24.6. The van der Waals surface area contributed by atoms with Gasteiger partial charge in [0.2, 0.25) is 20.0 Å². The number of fused-ring (bicyclic) bond motifs is 2. The van der Waals surface area contributed by atoms with Gasteiger partial charge in [-0.25, -0.2) is 31.3 Å². The lowest BCUT2D eigenvalue weighted by Gasteiger charge is -2.28. The Balaban J connectivity index is 0.597. The number of aryl methyl sites for hydroxylation is 2. The van der Waals surface area contributed by atoms with Crippen LogP contribution in [0.4, 0.5) is 15.3 Å². The number of carbonyl (C=O) groups excluding carboxylic acids is 2. The molecule has 8 rings (SSSR count). The Morgan fingerprint density at radius 2 is 1.06 bits per heavy atom. The van der Waals surface area contributed by atoms with E-state index in [0.29, 0.717) is 188 Å². The van der Waals surface area contributed by atoms with Crippen molar-refractivity contribution in [2.24, 2.45) is 11.8 Å². The molecule has 0 aromatic heterocycles. The Labute approximate surface area is 528 Å². The number of hydrogen-bond donors (Lipinski definition) is 4. The standard InChI is InChI=1S/C62H82Cl2N10O12S2/c1-41-28-48(10-12-57(41)85-59-52-31-46(63)30-45(36-65)50(52)34-55(59)71(4)5)87(77,78)73-20-14-43(37-73)39-83-26-24-81-22-18-69-61(75)67-16-8-9-17-68-62(76)70-19-23-82-25-27-84-40-44-15-21-74(38-44)88(79,80)49-11-13-58(42(2)29-49)86-60-53-32-47(64)33-54(66-3)51(53)35-56(60)72(6)7/h10-13,28-33,43-44,55-56,59-60H,8-9,14-27,34-35,37-40H2,1-2,4-7H3,(H2,67,69,75)(H2,68,70,76)/t43-,44-,55-,56-,59-,60-/m0/s1. The molecule has 2 heterocycles. The Morgan fingerprint density at radius 3 is 1.50 bits per heavy atom. The number of likely N-dealkylation sites (N-methyl/N-ethyl adjacent to an activating group) is 2. The van der Waals surface area contributed by atoms with Crippen molar-refractivity contribution < 1.29 is 54.8 Å². The molecule has 4 N–H and O–H groups in total. The van der Waals surface area contributed by atoms with Gasteiger partial charge in [0, 0.05) is 62.4 Å². The number of unbranched alkanes of at least 4 members (excludes halogenated alkanes) is 1. The number of nitriles is 1. The molecule has 4 amide bonds. The van der Waals surface area contributed by atoms with Crippen LogP contribution in [0.15, 0.2) is 70.5 Å². The number of sulfonamides is 2. The minimum Gasteiger partial charge on any atom is -0.484 e. The normalized spacial score (nSPS) is 20.2. The molecule has 4 aliphatic rings. The van der Waals surface area contributed by atoms with Crippen molar-refractivity contribution in [1.82, 2.24) is 39.7 Å². The molecule has 0 bridgehead atoms. The molecular formula is C62H82Cl2N10O12S2. The maximum absolute atomic E-state index is 13.7. The van der Waals surface area contributed by atoms with E-state index in [1.54, 1.807) is 48.5 Å². The van der Waals surface area contributed by atoms with Crippen molar-refractivity contribution in [3.63, 3.8) is 0 Å². The lowest BCUT2D eigenvalue weighted by Crippen LogP contribution is -2.39. The molecule has 4 aromatic rings. The van der Waals surface area contributed by atoms with E-state index in [9.17, 15) is 31.7 Å². The molecule has 2 aliphatic carbocycles. The lowest BCUT2D eigenvalue weighted by atomic mass is 10.0. The van der Waals surface area contributed by atoms with Crippen LogP contribution >= 0.6 is 23.2 Å². The second kappa shape index (κ2) is 31.8. The fourth-order valence-electron chi connectivity index (χ4n) is 11.6. The summed E-state index contributed by atoms with van der Waals surface area (Å²) < 4.78 is 93.9. The van der Waals surface area contributed by atoms with Gasteiger partial charge in [0.15, 0.2) is 5.69 Å². The fraction of sp³-hybridized carbons (Fsp3) is 0.548. The van der Waals surface area contributed by atoms with Crippen LogP contribution in [0.1, 0.15) is 76.8 Å². The summed E-state index contributed by atoms with van der Waals surface area (Å²) in [6.07, 6.45) is 3.15. The van der Waals surface area contributed by atoms with Gasteiger partial charge < -0.3 is 59.5 Å². The number of benzene rings is 4. The highest BCUT2D eigenvalue weighted by molar-refractivity contribution is 7.89. The molecule has 2 saturated heterocycles. The zero-order valence-electron chi connectivity index (χ0n) is 50.9. The average Bonchev–Trinajstić information content (AvgIpc) is 2.00. The first-order chi connectivity index (χ1) is 42.2. The third-order valence-electron chi connectivity index (χ3n) is 16.4. The molecule has 478 valence electrons. The number of ether oxygens (including phenoxy) is 6. The topological polar surface area (TPSA) is 247 Å². The number of nitrogens with zero attached hydrogens (tertiary/aromatic N) is 6. The van der Waals surface area contributed by atoms with E-state index in [1.165, 1.54) is 8.61 Å². The third kappa shape index (κ3) is 17.6. The zero-order chi connectivity index (χ0) is 63.1. The number of rotatable bonds is 31. The highest BCUT2D eigenvalue weighted by Gasteiger charge is 2.41. The van der Waals surface area contributed by atoms with Gasteiger partial charge in [0.25, 0.3) is 0 Å². The minimum absolute atomic E-state index is 0.0339. The second-order valence-corrected chi connectivity index (χ2v) is 27.9. The van der Waals surface area contributed by atoms with Gasteiger partial charge in [-0.15, -0.1) is 0 Å². The van der Waals surface area contributed by atoms with Gasteiger partial charge in [-0.1, -0.05) is 23.2 Å². The van der Waals surface area contributed by atoms with E-state index in [0.717, 1.165) is 22.3 Å². The van der Waals surface area contributed by atoms with E-state index in [4.69, 9.17) is 58.2 Å². The summed E-state index contributed by atoms with van der Waals surface area (Å²) in [6, 6.07) is 18.5. The summed E-state index contributed by atoms with van der Waals surface area (Å²) in [5.74, 6) is 1.20. The summed E-state index contributed by atoms with van der Waals surface area (Å²) in [5.41, 5.74) is 5.98. The van der Waals surface area contributed by atoms with Crippen molar-refractivity contribution in [3.05, 3.63) is 121 Å². The van der Waals surface area contributed by atoms with E-state index in [1.807, 2.05) is 54.2 Å². The van der Waals surface area contributed by atoms with Gasteiger partial charge in [-0.2, -0.15) is 13.9 Å². The average molecular weight is 1290 g/mol. The van der Waals surface area contributed by atoms with Crippen LogP contribution in [0.25, 0.3) is 4.85 Å². The first kappa shape index (κ1) is 68.1. The number of hydrogen-bond acceptors (Lipinski definition) is 15. The molecule has 2 fully saturated rings. The fourth-order valence-corrected chi connectivity index (χ4v) is 15.3. The molecule has 6 atom stereocenters. The zero-order valence-corrected chi connectivity index (χ0v) is 54.1. The monoisotopic (exact) mass is 1290 g/mol. The summed E-state index contributed by atoms with van der Waals surface area (Å²) in [5, 5.41) is 21.8. The number of nitrogens with one attached hydrogen (secondary N) is 4. The van der Waals surface area contributed by atoms with Crippen molar-refractivity contribution >= 4 is 61.0 Å². The molecule has 2 aliphatic heterocycles. The SMILES string of the molecule is [C-]#[N+]c1cc(Cl)cc2c1C[C@H](N(C)C)[C@H]2Oc1ccc(S(=O)(=O)N2CC[C@H](COCCOCCNC(=O)NCCCCNC(=O)NCCOCCOC[C@H]3CCN(S(=O)(=O)c4ccc(O[C@H]5c6cc(Cl)cc(C#N)c6C[C@@H]5N(C)C)c(C)c4)C3)C2)cc1C.